The summed E-state index contributed by atoms with van der Waals surface area (Å²) in [6, 6.07) is 0. The summed E-state index contributed by atoms with van der Waals surface area (Å²) in [4.78, 5) is 15.4. The highest BCUT2D eigenvalue weighted by Gasteiger charge is 2.21. The number of hydrogen-bond acceptors (Lipinski definition) is 4. The molecule has 0 aliphatic rings. The highest BCUT2D eigenvalue weighted by atomic mass is 16.2. The van der Waals surface area contributed by atoms with Crippen molar-refractivity contribution < 1.29 is 4.79 Å². The molecular formula is C8H15N5O. The van der Waals surface area contributed by atoms with Crippen LogP contribution in [0.4, 0.5) is 0 Å². The first-order chi connectivity index (χ1) is 6.44. The Balaban J connectivity index is 2.68. The molecule has 1 aromatic rings. The van der Waals surface area contributed by atoms with Crippen LogP contribution in [0.15, 0.2) is 0 Å². The molecule has 1 rings (SSSR count). The molecule has 1 heterocycles. The molecule has 1 amide bonds. The fraction of sp³-hybridized carbons (Fsp3) is 0.625. The number of nitrogens with zero attached hydrogens (tertiary/aromatic N) is 2. The highest BCUT2D eigenvalue weighted by Crippen LogP contribution is 2.00. The lowest BCUT2D eigenvalue weighted by atomic mass is 10.1. The molecule has 14 heavy (non-hydrogen) atoms. The van der Waals surface area contributed by atoms with Gasteiger partial charge in [-0.25, -0.2) is 4.98 Å². The quantitative estimate of drug-likeness (QED) is 0.613. The van der Waals surface area contributed by atoms with Crippen molar-refractivity contribution in [3.05, 3.63) is 11.6 Å². The first-order valence-corrected chi connectivity index (χ1v) is 4.36. The van der Waals surface area contributed by atoms with E-state index in [0.29, 0.717) is 12.4 Å². The van der Waals surface area contributed by atoms with Crippen LogP contribution in [0.3, 0.4) is 0 Å². The van der Waals surface area contributed by atoms with E-state index < -0.39 is 5.54 Å². The maximum atomic E-state index is 11.5. The molecule has 0 saturated heterocycles. The van der Waals surface area contributed by atoms with Gasteiger partial charge in [0.15, 0.2) is 0 Å². The molecule has 0 aromatic carbocycles. The van der Waals surface area contributed by atoms with Crippen LogP contribution in [0.1, 0.15) is 30.3 Å². The second-order valence-electron chi connectivity index (χ2n) is 3.79. The van der Waals surface area contributed by atoms with Gasteiger partial charge >= 0.3 is 0 Å². The van der Waals surface area contributed by atoms with Crippen molar-refractivity contribution in [2.75, 3.05) is 6.54 Å². The van der Waals surface area contributed by atoms with Gasteiger partial charge in [-0.3, -0.25) is 9.89 Å². The third kappa shape index (κ3) is 2.53. The van der Waals surface area contributed by atoms with Crippen LogP contribution < -0.4 is 11.1 Å². The zero-order valence-electron chi connectivity index (χ0n) is 8.59. The number of hydrogen-bond donors (Lipinski definition) is 3. The van der Waals surface area contributed by atoms with Crippen molar-refractivity contribution in [3.63, 3.8) is 0 Å². The number of nitrogens with one attached hydrogen (secondary N) is 2. The molecule has 0 spiro atoms. The lowest BCUT2D eigenvalue weighted by molar-refractivity contribution is 0.0905. The fourth-order valence-corrected chi connectivity index (χ4v) is 0.859. The number of H-pyrrole nitrogens is 1. The van der Waals surface area contributed by atoms with Crippen LogP contribution in [-0.2, 0) is 0 Å². The number of carbonyl (C=O) groups excluding carboxylic acids is 1. The second kappa shape index (κ2) is 3.75. The number of rotatable bonds is 3. The molecule has 0 bridgehead atoms. The van der Waals surface area contributed by atoms with Crippen LogP contribution in [0, 0.1) is 6.92 Å². The summed E-state index contributed by atoms with van der Waals surface area (Å²) in [7, 11) is 0. The Labute approximate surface area is 82.3 Å². The van der Waals surface area contributed by atoms with Gasteiger partial charge in [0.05, 0.1) is 0 Å². The highest BCUT2D eigenvalue weighted by molar-refractivity contribution is 5.90. The van der Waals surface area contributed by atoms with E-state index in [4.69, 9.17) is 5.73 Å². The smallest absolute Gasteiger partial charge is 0.291 e. The van der Waals surface area contributed by atoms with E-state index in [2.05, 4.69) is 20.5 Å². The molecule has 0 saturated carbocycles. The van der Waals surface area contributed by atoms with E-state index in [1.54, 1.807) is 6.92 Å². The number of carbonyl (C=O) groups is 1. The summed E-state index contributed by atoms with van der Waals surface area (Å²) in [6.45, 7) is 5.77. The van der Waals surface area contributed by atoms with E-state index in [-0.39, 0.29) is 11.7 Å². The normalized spacial score (nSPS) is 11.4. The molecule has 0 radical (unpaired) electrons. The van der Waals surface area contributed by atoms with Crippen LogP contribution in [0.5, 0.6) is 0 Å². The molecule has 0 atom stereocenters. The van der Waals surface area contributed by atoms with Crippen molar-refractivity contribution >= 4 is 5.91 Å². The Morgan fingerprint density at radius 2 is 2.29 bits per heavy atom. The molecule has 6 heteroatoms. The Kier molecular flexibility index (Phi) is 2.85. The summed E-state index contributed by atoms with van der Waals surface area (Å²) < 4.78 is 0. The van der Waals surface area contributed by atoms with Gasteiger partial charge < -0.3 is 11.1 Å². The third-order valence-electron chi connectivity index (χ3n) is 1.76. The molecule has 6 nitrogen and oxygen atoms in total. The van der Waals surface area contributed by atoms with E-state index >= 15 is 0 Å². The first kappa shape index (κ1) is 10.6. The average Bonchev–Trinajstić information content (AvgIpc) is 2.51. The van der Waals surface area contributed by atoms with Crippen molar-refractivity contribution in [2.24, 2.45) is 5.73 Å². The van der Waals surface area contributed by atoms with Crippen molar-refractivity contribution in [3.8, 4) is 0 Å². The monoisotopic (exact) mass is 197 g/mol. The molecule has 1 aromatic heterocycles. The molecule has 0 unspecified atom stereocenters. The predicted molar refractivity (Wildman–Crippen MR) is 51.7 cm³/mol. The maximum Gasteiger partial charge on any atom is 0.291 e. The fourth-order valence-electron chi connectivity index (χ4n) is 0.859. The van der Waals surface area contributed by atoms with Gasteiger partial charge in [0, 0.05) is 12.1 Å². The lowest BCUT2D eigenvalue weighted by Crippen LogP contribution is -2.49. The van der Waals surface area contributed by atoms with Crippen LogP contribution in [0.2, 0.25) is 0 Å². The van der Waals surface area contributed by atoms with Gasteiger partial charge in [0.2, 0.25) is 5.82 Å². The Morgan fingerprint density at radius 3 is 2.71 bits per heavy atom. The minimum Gasteiger partial charge on any atom is -0.343 e. The predicted octanol–water partition coefficient (Wildman–Crippen LogP) is -0.420. The average molecular weight is 197 g/mol. The number of amides is 1. The Morgan fingerprint density at radius 1 is 1.64 bits per heavy atom. The zero-order chi connectivity index (χ0) is 10.8. The topological polar surface area (TPSA) is 96.7 Å². The van der Waals surface area contributed by atoms with Crippen LogP contribution >= 0.6 is 0 Å². The van der Waals surface area contributed by atoms with Gasteiger partial charge in [-0.15, -0.1) is 5.10 Å². The summed E-state index contributed by atoms with van der Waals surface area (Å²) in [5.41, 5.74) is 5.04. The summed E-state index contributed by atoms with van der Waals surface area (Å²) in [5.74, 6) is 0.439. The largest absolute Gasteiger partial charge is 0.343 e. The van der Waals surface area contributed by atoms with Gasteiger partial charge in [-0.2, -0.15) is 0 Å². The van der Waals surface area contributed by atoms with Crippen LogP contribution in [0.25, 0.3) is 0 Å². The van der Waals surface area contributed by atoms with Crippen LogP contribution in [-0.4, -0.2) is 33.2 Å². The third-order valence-corrected chi connectivity index (χ3v) is 1.76. The molecule has 4 N–H and O–H groups in total. The Bertz CT molecular complexity index is 330. The molecule has 0 aliphatic heterocycles. The summed E-state index contributed by atoms with van der Waals surface area (Å²) >= 11 is 0. The van der Waals surface area contributed by atoms with Gasteiger partial charge in [0.25, 0.3) is 5.91 Å². The summed E-state index contributed by atoms with van der Waals surface area (Å²) in [6.07, 6.45) is 0. The Hall–Kier alpha value is -1.43. The SMILES string of the molecule is Cc1nc(C(=O)NC(C)(C)CN)n[nH]1. The van der Waals surface area contributed by atoms with E-state index in [0.717, 1.165) is 0 Å². The van der Waals surface area contributed by atoms with E-state index in [9.17, 15) is 4.79 Å². The van der Waals surface area contributed by atoms with Crippen molar-refractivity contribution in [1.29, 1.82) is 0 Å². The molecule has 0 aliphatic carbocycles. The molecular weight excluding hydrogens is 182 g/mol. The zero-order valence-corrected chi connectivity index (χ0v) is 8.59. The van der Waals surface area contributed by atoms with Gasteiger partial charge in [0.1, 0.15) is 5.82 Å². The van der Waals surface area contributed by atoms with Crippen molar-refractivity contribution in [2.45, 2.75) is 26.3 Å². The molecule has 0 fully saturated rings. The number of aromatic amines is 1. The number of aryl methyl sites for hydroxylation is 1. The summed E-state index contributed by atoms with van der Waals surface area (Å²) in [5, 5.41) is 9.07. The standard InChI is InChI=1S/C8H15N5O/c1-5-10-6(13-12-5)7(14)11-8(2,3)4-9/h4,9H2,1-3H3,(H,11,14)(H,10,12,13). The number of aromatic nitrogens is 3. The van der Waals surface area contributed by atoms with E-state index in [1.807, 2.05) is 13.8 Å². The van der Waals surface area contributed by atoms with Crippen molar-refractivity contribution in [1.82, 2.24) is 20.5 Å². The van der Waals surface area contributed by atoms with E-state index in [1.165, 1.54) is 0 Å². The van der Waals surface area contributed by atoms with Gasteiger partial charge in [-0.1, -0.05) is 0 Å². The first-order valence-electron chi connectivity index (χ1n) is 4.36. The maximum absolute atomic E-state index is 11.5. The van der Waals surface area contributed by atoms with Gasteiger partial charge in [-0.05, 0) is 20.8 Å². The minimum absolute atomic E-state index is 0.143. The lowest BCUT2D eigenvalue weighted by Gasteiger charge is -2.23. The minimum atomic E-state index is -0.439. The second-order valence-corrected chi connectivity index (χ2v) is 3.79. The number of nitrogens with two attached hydrogens (primary N) is 1. The molecule has 78 valence electrons.